The second-order valence-electron chi connectivity index (χ2n) is 5.63. The summed E-state index contributed by atoms with van der Waals surface area (Å²) in [4.78, 5) is 25.1. The maximum Gasteiger partial charge on any atom is 0.253 e. The van der Waals surface area contributed by atoms with E-state index in [-0.39, 0.29) is 5.91 Å². The molecule has 0 atom stereocenters. The van der Waals surface area contributed by atoms with Gasteiger partial charge in [-0.15, -0.1) is 0 Å². The zero-order chi connectivity index (χ0) is 16.9. The zero-order valence-corrected chi connectivity index (χ0v) is 13.7. The number of nitrogen functional groups attached to an aromatic ring is 1. The van der Waals surface area contributed by atoms with Crippen LogP contribution in [0.5, 0.6) is 0 Å². The van der Waals surface area contributed by atoms with Crippen LogP contribution in [-0.2, 0) is 0 Å². The van der Waals surface area contributed by atoms with Gasteiger partial charge in [-0.3, -0.25) is 9.79 Å². The molecule has 1 saturated heterocycles. The normalized spacial score (nSPS) is 15.5. The molecule has 2 N–H and O–H groups in total. The van der Waals surface area contributed by atoms with Crippen LogP contribution in [0.25, 0.3) is 0 Å². The lowest BCUT2D eigenvalue weighted by Crippen LogP contribution is -2.51. The van der Waals surface area contributed by atoms with Gasteiger partial charge >= 0.3 is 0 Å². The molecule has 0 bridgehead atoms. The smallest absolute Gasteiger partial charge is 0.253 e. The van der Waals surface area contributed by atoms with Crippen molar-refractivity contribution < 1.29 is 4.79 Å². The lowest BCUT2D eigenvalue weighted by atomic mass is 10.1. The van der Waals surface area contributed by atoms with Crippen LogP contribution in [0, 0.1) is 0 Å². The second-order valence-corrected chi connectivity index (χ2v) is 5.63. The quantitative estimate of drug-likeness (QED) is 0.671. The molecule has 24 heavy (non-hydrogen) atoms. The molecule has 0 radical (unpaired) electrons. The van der Waals surface area contributed by atoms with Gasteiger partial charge < -0.3 is 15.5 Å². The number of hydrogen-bond donors (Lipinski definition) is 1. The van der Waals surface area contributed by atoms with E-state index in [0.717, 1.165) is 30.1 Å². The van der Waals surface area contributed by atoms with E-state index in [1.807, 2.05) is 47.4 Å². The van der Waals surface area contributed by atoms with Crippen LogP contribution in [0.4, 0.5) is 5.82 Å². The summed E-state index contributed by atoms with van der Waals surface area (Å²) in [5.74, 6) is 1.37. The van der Waals surface area contributed by atoms with E-state index < -0.39 is 0 Å². The Morgan fingerprint density at radius 2 is 1.71 bits per heavy atom. The molecule has 1 aromatic carbocycles. The molecule has 124 valence electrons. The van der Waals surface area contributed by atoms with Gasteiger partial charge in [-0.2, -0.15) is 0 Å². The van der Waals surface area contributed by atoms with Crippen molar-refractivity contribution in [2.24, 2.45) is 4.99 Å². The molecule has 6 heteroatoms. The van der Waals surface area contributed by atoms with Gasteiger partial charge in [0.05, 0.1) is 5.56 Å². The van der Waals surface area contributed by atoms with Crippen LogP contribution in [0.2, 0.25) is 0 Å². The SMILES string of the molecule is CN=C(c1cccnc1N)N1CCN(C(=O)c2ccccc2)CC1. The van der Waals surface area contributed by atoms with Gasteiger partial charge in [0.1, 0.15) is 11.7 Å². The van der Waals surface area contributed by atoms with Crippen molar-refractivity contribution in [1.82, 2.24) is 14.8 Å². The third-order valence-electron chi connectivity index (χ3n) is 4.18. The number of carbonyl (C=O) groups is 1. The van der Waals surface area contributed by atoms with Gasteiger partial charge in [-0.1, -0.05) is 18.2 Å². The third kappa shape index (κ3) is 3.22. The molecule has 6 nitrogen and oxygen atoms in total. The Balaban J connectivity index is 1.68. The molecule has 1 fully saturated rings. The number of nitrogens with two attached hydrogens (primary N) is 1. The molecule has 0 saturated carbocycles. The number of benzene rings is 1. The van der Waals surface area contributed by atoms with Crippen LogP contribution >= 0.6 is 0 Å². The Kier molecular flexibility index (Phi) is 4.74. The Morgan fingerprint density at radius 1 is 1.04 bits per heavy atom. The second kappa shape index (κ2) is 7.12. The van der Waals surface area contributed by atoms with Crippen molar-refractivity contribution in [1.29, 1.82) is 0 Å². The summed E-state index contributed by atoms with van der Waals surface area (Å²) < 4.78 is 0. The number of amidine groups is 1. The number of amides is 1. The van der Waals surface area contributed by atoms with Gasteiger partial charge in [0.15, 0.2) is 0 Å². The van der Waals surface area contributed by atoms with Crippen molar-refractivity contribution in [2.45, 2.75) is 0 Å². The van der Waals surface area contributed by atoms with Gasteiger partial charge in [0, 0.05) is 45.0 Å². The number of carbonyl (C=O) groups excluding carboxylic acids is 1. The summed E-state index contributed by atoms with van der Waals surface area (Å²) in [5.41, 5.74) is 7.54. The molecule has 1 aliphatic rings. The van der Waals surface area contributed by atoms with Crippen LogP contribution in [0.1, 0.15) is 15.9 Å². The molecule has 0 unspecified atom stereocenters. The molecular formula is C18H21N5O. The molecule has 1 amide bonds. The number of aromatic nitrogens is 1. The highest BCUT2D eigenvalue weighted by atomic mass is 16.2. The molecule has 2 aromatic rings. The molecule has 1 aromatic heterocycles. The summed E-state index contributed by atoms with van der Waals surface area (Å²) in [5, 5.41) is 0. The minimum atomic E-state index is 0.0751. The van der Waals surface area contributed by atoms with E-state index in [2.05, 4.69) is 14.9 Å². The first kappa shape index (κ1) is 16.0. The molecule has 3 rings (SSSR count). The fourth-order valence-corrected chi connectivity index (χ4v) is 2.92. The van der Waals surface area contributed by atoms with Crippen molar-refractivity contribution in [3.05, 3.63) is 59.8 Å². The first-order valence-corrected chi connectivity index (χ1v) is 7.97. The van der Waals surface area contributed by atoms with Crippen LogP contribution in [0.15, 0.2) is 53.7 Å². The third-order valence-corrected chi connectivity index (χ3v) is 4.18. The van der Waals surface area contributed by atoms with Crippen molar-refractivity contribution >= 4 is 17.6 Å². The van der Waals surface area contributed by atoms with Gasteiger partial charge in [-0.05, 0) is 24.3 Å². The maximum atomic E-state index is 12.5. The zero-order valence-electron chi connectivity index (χ0n) is 13.7. The van der Waals surface area contributed by atoms with E-state index in [1.54, 1.807) is 13.2 Å². The minimum Gasteiger partial charge on any atom is -0.383 e. The number of pyridine rings is 1. The highest BCUT2D eigenvalue weighted by Crippen LogP contribution is 2.15. The van der Waals surface area contributed by atoms with Gasteiger partial charge in [0.2, 0.25) is 0 Å². The number of aliphatic imine (C=N–C) groups is 1. The predicted molar refractivity (Wildman–Crippen MR) is 95.0 cm³/mol. The molecule has 0 spiro atoms. The summed E-state index contributed by atoms with van der Waals surface area (Å²) in [6.07, 6.45) is 1.67. The largest absolute Gasteiger partial charge is 0.383 e. The monoisotopic (exact) mass is 323 g/mol. The van der Waals surface area contributed by atoms with E-state index >= 15 is 0 Å². The molecular weight excluding hydrogens is 302 g/mol. The average Bonchev–Trinajstić information content (AvgIpc) is 2.64. The van der Waals surface area contributed by atoms with E-state index in [9.17, 15) is 4.79 Å². The Hall–Kier alpha value is -2.89. The van der Waals surface area contributed by atoms with E-state index in [0.29, 0.717) is 18.9 Å². The molecule has 0 aliphatic carbocycles. The number of rotatable bonds is 2. The number of nitrogens with zero attached hydrogens (tertiary/aromatic N) is 4. The van der Waals surface area contributed by atoms with Crippen LogP contribution in [0.3, 0.4) is 0 Å². The number of anilines is 1. The van der Waals surface area contributed by atoms with Gasteiger partial charge in [-0.25, -0.2) is 4.98 Å². The van der Waals surface area contributed by atoms with E-state index in [1.165, 1.54) is 0 Å². The maximum absolute atomic E-state index is 12.5. The van der Waals surface area contributed by atoms with E-state index in [4.69, 9.17) is 5.73 Å². The molecule has 1 aliphatic heterocycles. The fourth-order valence-electron chi connectivity index (χ4n) is 2.92. The van der Waals surface area contributed by atoms with Gasteiger partial charge in [0.25, 0.3) is 5.91 Å². The highest BCUT2D eigenvalue weighted by Gasteiger charge is 2.25. The Morgan fingerprint density at radius 3 is 2.33 bits per heavy atom. The highest BCUT2D eigenvalue weighted by molar-refractivity contribution is 6.02. The number of piperazine rings is 1. The first-order valence-electron chi connectivity index (χ1n) is 7.97. The Bertz CT molecular complexity index is 736. The summed E-state index contributed by atoms with van der Waals surface area (Å²) >= 11 is 0. The lowest BCUT2D eigenvalue weighted by molar-refractivity contribution is 0.0692. The van der Waals surface area contributed by atoms with Crippen molar-refractivity contribution in [3.8, 4) is 0 Å². The summed E-state index contributed by atoms with van der Waals surface area (Å²) in [7, 11) is 1.75. The minimum absolute atomic E-state index is 0.0751. The predicted octanol–water partition coefficient (Wildman–Crippen LogP) is 1.50. The number of hydrogen-bond acceptors (Lipinski definition) is 4. The van der Waals surface area contributed by atoms with Crippen LogP contribution in [-0.4, -0.2) is 59.8 Å². The van der Waals surface area contributed by atoms with Crippen molar-refractivity contribution in [3.63, 3.8) is 0 Å². The van der Waals surface area contributed by atoms with Crippen molar-refractivity contribution in [2.75, 3.05) is 39.0 Å². The summed E-state index contributed by atoms with van der Waals surface area (Å²) in [6.45, 7) is 2.76. The standard InChI is InChI=1S/C18H21N5O/c1-20-17(15-8-5-9-21-16(15)19)22-10-12-23(13-11-22)18(24)14-6-3-2-4-7-14/h2-9H,10-13H2,1H3,(H2,19,21). The Labute approximate surface area is 141 Å². The lowest BCUT2D eigenvalue weighted by Gasteiger charge is -2.36. The summed E-state index contributed by atoms with van der Waals surface area (Å²) in [6, 6.07) is 13.2. The fraction of sp³-hybridized carbons (Fsp3) is 0.278. The first-order chi connectivity index (χ1) is 11.7. The topological polar surface area (TPSA) is 74.8 Å². The molecule has 2 heterocycles. The van der Waals surface area contributed by atoms with Crippen LogP contribution < -0.4 is 5.73 Å². The average molecular weight is 323 g/mol.